The van der Waals surface area contributed by atoms with Crippen molar-refractivity contribution < 1.29 is 24.9 Å². The Morgan fingerprint density at radius 3 is 2.53 bits per heavy atom. The van der Waals surface area contributed by atoms with E-state index in [1.54, 1.807) is 0 Å². The van der Waals surface area contributed by atoms with Crippen LogP contribution in [0.3, 0.4) is 0 Å². The van der Waals surface area contributed by atoms with E-state index in [-0.39, 0.29) is 28.8 Å². The van der Waals surface area contributed by atoms with Gasteiger partial charge in [0.15, 0.2) is 6.10 Å². The molecule has 0 aliphatic heterocycles. The predicted octanol–water partition coefficient (Wildman–Crippen LogP) is 1.02. The van der Waals surface area contributed by atoms with E-state index in [2.05, 4.69) is 15.9 Å². The number of alkyl halides is 1. The number of carbonyl (C=O) groups is 2. The molecule has 0 saturated carbocycles. The highest BCUT2D eigenvalue weighted by molar-refractivity contribution is 9.09. The fourth-order valence-electron chi connectivity index (χ4n) is 1.39. The second kappa shape index (κ2) is 5.79. The van der Waals surface area contributed by atoms with Crippen LogP contribution in [0.15, 0.2) is 18.2 Å². The summed E-state index contributed by atoms with van der Waals surface area (Å²) in [7, 11) is 0. The summed E-state index contributed by atoms with van der Waals surface area (Å²) in [5, 5.41) is 27.6. The minimum Gasteiger partial charge on any atom is -0.508 e. The summed E-state index contributed by atoms with van der Waals surface area (Å²) in [6, 6.07) is 3.92. The Bertz CT molecular complexity index is 443. The molecule has 1 unspecified atom stereocenters. The molecule has 3 N–H and O–H groups in total. The molecule has 0 aromatic heterocycles. The van der Waals surface area contributed by atoms with Crippen LogP contribution in [0.2, 0.25) is 0 Å². The van der Waals surface area contributed by atoms with Gasteiger partial charge in [0, 0.05) is 6.42 Å². The summed E-state index contributed by atoms with van der Waals surface area (Å²) in [5.41, 5.74) is 0.425. The first-order valence-electron chi connectivity index (χ1n) is 4.76. The maximum Gasteiger partial charge on any atom is 0.337 e. The van der Waals surface area contributed by atoms with E-state index in [0.717, 1.165) is 6.07 Å². The van der Waals surface area contributed by atoms with E-state index < -0.39 is 12.1 Å². The number of phenols is 1. The predicted molar refractivity (Wildman–Crippen MR) is 63.2 cm³/mol. The number of rotatable bonds is 5. The van der Waals surface area contributed by atoms with Crippen LogP contribution < -0.4 is 0 Å². The van der Waals surface area contributed by atoms with Crippen LogP contribution in [0.25, 0.3) is 0 Å². The Balaban J connectivity index is 3.12. The number of Topliss-reactive ketones (excluding diaryl/α,β-unsaturated/α-hetero) is 1. The third-order valence-electron chi connectivity index (χ3n) is 2.19. The van der Waals surface area contributed by atoms with Gasteiger partial charge in [-0.15, -0.1) is 0 Å². The number of aliphatic hydroxyl groups is 1. The minimum absolute atomic E-state index is 0.00516. The van der Waals surface area contributed by atoms with Crippen molar-refractivity contribution in [2.45, 2.75) is 12.5 Å². The summed E-state index contributed by atoms with van der Waals surface area (Å²) in [6.45, 7) is 0. The lowest BCUT2D eigenvalue weighted by Gasteiger charge is -2.12. The molecule has 92 valence electrons. The van der Waals surface area contributed by atoms with Crippen molar-refractivity contribution in [1.82, 2.24) is 0 Å². The molecule has 1 aromatic rings. The van der Waals surface area contributed by atoms with Gasteiger partial charge in [-0.25, -0.2) is 4.79 Å². The Kier molecular flexibility index (Phi) is 4.65. The van der Waals surface area contributed by atoms with Gasteiger partial charge in [-0.1, -0.05) is 22.0 Å². The van der Waals surface area contributed by atoms with Crippen LogP contribution in [0.4, 0.5) is 0 Å². The third-order valence-corrected chi connectivity index (χ3v) is 2.82. The lowest BCUT2D eigenvalue weighted by atomic mass is 9.98. The molecular formula is C11H11BrO5. The molecule has 0 spiro atoms. The van der Waals surface area contributed by atoms with E-state index >= 15 is 0 Å². The van der Waals surface area contributed by atoms with Crippen molar-refractivity contribution in [1.29, 1.82) is 0 Å². The van der Waals surface area contributed by atoms with E-state index in [1.165, 1.54) is 12.1 Å². The van der Waals surface area contributed by atoms with Gasteiger partial charge in [0.05, 0.1) is 5.33 Å². The van der Waals surface area contributed by atoms with Gasteiger partial charge < -0.3 is 15.3 Å². The molecule has 0 radical (unpaired) electrons. The lowest BCUT2D eigenvalue weighted by molar-refractivity contribution is -0.147. The molecule has 17 heavy (non-hydrogen) atoms. The number of aliphatic carboxylic acids is 1. The smallest absolute Gasteiger partial charge is 0.337 e. The number of ketones is 1. The van der Waals surface area contributed by atoms with Crippen molar-refractivity contribution in [2.24, 2.45) is 0 Å². The molecule has 0 bridgehead atoms. The molecule has 0 aliphatic carbocycles. The SMILES string of the molecule is O=C(CBr)Cc1ccc(O)cc1C(O)C(=O)O. The standard InChI is InChI=1S/C11H11BrO5/c12-5-8(14)3-6-1-2-7(13)4-9(6)10(15)11(16)17/h1-2,4,10,13,15H,3,5H2,(H,16,17). The highest BCUT2D eigenvalue weighted by Gasteiger charge is 2.21. The van der Waals surface area contributed by atoms with Crippen molar-refractivity contribution in [3.63, 3.8) is 0 Å². The molecule has 0 amide bonds. The van der Waals surface area contributed by atoms with Gasteiger partial charge in [-0.05, 0) is 23.3 Å². The van der Waals surface area contributed by atoms with Crippen molar-refractivity contribution in [3.05, 3.63) is 29.3 Å². The van der Waals surface area contributed by atoms with Crippen molar-refractivity contribution in [3.8, 4) is 5.75 Å². The number of carboxylic acids is 1. The Hall–Kier alpha value is -1.40. The quantitative estimate of drug-likeness (QED) is 0.706. The molecule has 5 nitrogen and oxygen atoms in total. The Labute approximate surface area is 106 Å². The van der Waals surface area contributed by atoms with Crippen LogP contribution in [0, 0.1) is 0 Å². The monoisotopic (exact) mass is 302 g/mol. The Morgan fingerprint density at radius 1 is 1.35 bits per heavy atom. The van der Waals surface area contributed by atoms with E-state index in [0.29, 0.717) is 5.56 Å². The number of hydrogen-bond acceptors (Lipinski definition) is 4. The van der Waals surface area contributed by atoms with Crippen LogP contribution >= 0.6 is 15.9 Å². The van der Waals surface area contributed by atoms with Gasteiger partial charge in [-0.3, -0.25) is 4.79 Å². The first-order chi connectivity index (χ1) is 7.95. The molecule has 0 aliphatic rings. The first-order valence-corrected chi connectivity index (χ1v) is 5.88. The summed E-state index contributed by atoms with van der Waals surface area (Å²) >= 11 is 3.00. The molecule has 1 atom stereocenters. The molecule has 6 heteroatoms. The summed E-state index contributed by atoms with van der Waals surface area (Å²) in [5.74, 6) is -1.73. The van der Waals surface area contributed by atoms with Crippen LogP contribution in [-0.2, 0) is 16.0 Å². The molecule has 0 fully saturated rings. The zero-order valence-corrected chi connectivity index (χ0v) is 10.3. The van der Waals surface area contributed by atoms with Gasteiger partial charge in [0.2, 0.25) is 0 Å². The van der Waals surface area contributed by atoms with Gasteiger partial charge >= 0.3 is 5.97 Å². The van der Waals surface area contributed by atoms with E-state index in [9.17, 15) is 19.8 Å². The number of aromatic hydroxyl groups is 1. The highest BCUT2D eigenvalue weighted by Crippen LogP contribution is 2.24. The fourth-order valence-corrected chi connectivity index (χ4v) is 1.59. The Morgan fingerprint density at radius 2 is 2.00 bits per heavy atom. The van der Waals surface area contributed by atoms with Crippen molar-refractivity contribution >= 4 is 27.7 Å². The average Bonchev–Trinajstić information content (AvgIpc) is 2.30. The zero-order valence-electron chi connectivity index (χ0n) is 8.76. The number of benzene rings is 1. The van der Waals surface area contributed by atoms with E-state index in [4.69, 9.17) is 5.11 Å². The summed E-state index contributed by atoms with van der Waals surface area (Å²) in [6.07, 6.45) is -1.74. The number of halogens is 1. The third kappa shape index (κ3) is 3.54. The van der Waals surface area contributed by atoms with Crippen LogP contribution in [-0.4, -0.2) is 32.4 Å². The zero-order chi connectivity index (χ0) is 13.0. The van der Waals surface area contributed by atoms with Crippen molar-refractivity contribution in [2.75, 3.05) is 5.33 Å². The number of hydrogen-bond donors (Lipinski definition) is 3. The van der Waals surface area contributed by atoms with Gasteiger partial charge in [0.1, 0.15) is 11.5 Å². The lowest BCUT2D eigenvalue weighted by Crippen LogP contribution is -2.14. The first kappa shape index (κ1) is 13.7. The number of aliphatic hydroxyl groups excluding tert-OH is 1. The van der Waals surface area contributed by atoms with Crippen LogP contribution in [0.1, 0.15) is 17.2 Å². The summed E-state index contributed by atoms with van der Waals surface area (Å²) in [4.78, 5) is 22.0. The largest absolute Gasteiger partial charge is 0.508 e. The highest BCUT2D eigenvalue weighted by atomic mass is 79.9. The number of phenolic OH excluding ortho intramolecular Hbond substituents is 1. The normalized spacial score (nSPS) is 12.1. The maximum absolute atomic E-state index is 11.3. The van der Waals surface area contributed by atoms with Gasteiger partial charge in [0.25, 0.3) is 0 Å². The molecule has 0 saturated heterocycles. The minimum atomic E-state index is -1.75. The second-order valence-corrected chi connectivity index (χ2v) is 4.03. The average molecular weight is 303 g/mol. The molecule has 0 heterocycles. The molecular weight excluding hydrogens is 292 g/mol. The summed E-state index contributed by atoms with van der Waals surface area (Å²) < 4.78 is 0. The van der Waals surface area contributed by atoms with E-state index in [1.807, 2.05) is 0 Å². The molecule has 1 aromatic carbocycles. The second-order valence-electron chi connectivity index (χ2n) is 3.47. The fraction of sp³-hybridized carbons (Fsp3) is 0.273. The maximum atomic E-state index is 11.3. The topological polar surface area (TPSA) is 94.8 Å². The molecule has 1 rings (SSSR count). The van der Waals surface area contributed by atoms with Gasteiger partial charge in [-0.2, -0.15) is 0 Å². The number of carbonyl (C=O) groups excluding carboxylic acids is 1. The number of carboxylic acid groups (broad SMARTS) is 1. The van der Waals surface area contributed by atoms with Crippen LogP contribution in [0.5, 0.6) is 5.75 Å².